The van der Waals surface area contributed by atoms with Gasteiger partial charge in [-0.3, -0.25) is 9.67 Å². The number of nitrogens with zero attached hydrogens (tertiary/aromatic N) is 4. The van der Waals surface area contributed by atoms with E-state index in [2.05, 4.69) is 39.7 Å². The van der Waals surface area contributed by atoms with E-state index in [0.29, 0.717) is 25.0 Å². The van der Waals surface area contributed by atoms with Gasteiger partial charge in [0, 0.05) is 26.4 Å². The highest BCUT2D eigenvalue weighted by molar-refractivity contribution is 5.79. The summed E-state index contributed by atoms with van der Waals surface area (Å²) in [5, 5.41) is 14.6. The zero-order valence-corrected chi connectivity index (χ0v) is 12.9. The third-order valence-electron chi connectivity index (χ3n) is 3.18. The molecule has 7 nitrogen and oxygen atoms in total. The fraction of sp³-hybridized carbons (Fsp3) is 0.500. The van der Waals surface area contributed by atoms with Crippen LogP contribution in [0.25, 0.3) is 0 Å². The monoisotopic (exact) mass is 290 g/mol. The fourth-order valence-corrected chi connectivity index (χ4v) is 1.82. The highest BCUT2D eigenvalue weighted by atomic mass is 16.5. The van der Waals surface area contributed by atoms with Gasteiger partial charge in [0.15, 0.2) is 11.7 Å². The predicted molar refractivity (Wildman–Crippen MR) is 80.8 cm³/mol. The van der Waals surface area contributed by atoms with Gasteiger partial charge in [-0.25, -0.2) is 0 Å². The van der Waals surface area contributed by atoms with Gasteiger partial charge in [0.25, 0.3) is 0 Å². The summed E-state index contributed by atoms with van der Waals surface area (Å²) in [6.07, 6.45) is 1.77. The van der Waals surface area contributed by atoms with Crippen LogP contribution in [0, 0.1) is 0 Å². The number of aliphatic imine (C=N–C) groups is 1. The lowest BCUT2D eigenvalue weighted by Gasteiger charge is -2.10. The minimum absolute atomic E-state index is 0.366. The van der Waals surface area contributed by atoms with Gasteiger partial charge in [-0.1, -0.05) is 19.0 Å². The van der Waals surface area contributed by atoms with Gasteiger partial charge in [0.05, 0.1) is 24.5 Å². The molecule has 7 heteroatoms. The van der Waals surface area contributed by atoms with Crippen molar-refractivity contribution in [2.75, 3.05) is 7.05 Å². The average molecular weight is 290 g/mol. The number of nitrogens with one attached hydrogen (secondary N) is 2. The second kappa shape index (κ2) is 6.92. The van der Waals surface area contributed by atoms with Gasteiger partial charge in [-0.05, 0) is 12.0 Å². The topological polar surface area (TPSA) is 80.3 Å². The molecule has 0 aliphatic rings. The first-order chi connectivity index (χ1) is 10.1. The number of aryl methyl sites for hydroxylation is 1. The van der Waals surface area contributed by atoms with Crippen molar-refractivity contribution in [2.24, 2.45) is 12.0 Å². The Labute approximate surface area is 124 Å². The van der Waals surface area contributed by atoms with Gasteiger partial charge in [0.1, 0.15) is 0 Å². The summed E-state index contributed by atoms with van der Waals surface area (Å²) < 4.78 is 7.11. The van der Waals surface area contributed by atoms with Crippen LogP contribution in [0.4, 0.5) is 0 Å². The molecule has 0 unspecified atom stereocenters. The van der Waals surface area contributed by atoms with Crippen molar-refractivity contribution in [3.8, 4) is 0 Å². The van der Waals surface area contributed by atoms with Gasteiger partial charge in [-0.15, -0.1) is 0 Å². The summed E-state index contributed by atoms with van der Waals surface area (Å²) in [5.41, 5.74) is 2.05. The SMILES string of the molecule is CN=C(NCc1cc(C(C)C)no1)NCc1ccnn1C. The molecule has 0 saturated heterocycles. The first-order valence-corrected chi connectivity index (χ1v) is 6.97. The summed E-state index contributed by atoms with van der Waals surface area (Å²) in [5.74, 6) is 1.87. The number of guanidine groups is 1. The number of aromatic nitrogens is 3. The van der Waals surface area contributed by atoms with E-state index in [1.54, 1.807) is 13.2 Å². The number of hydrogen-bond donors (Lipinski definition) is 2. The van der Waals surface area contributed by atoms with E-state index in [0.717, 1.165) is 17.1 Å². The maximum absolute atomic E-state index is 5.28. The maximum atomic E-state index is 5.28. The molecule has 2 N–H and O–H groups in total. The normalized spacial score (nSPS) is 12.0. The number of hydrogen-bond acceptors (Lipinski definition) is 4. The molecule has 0 aliphatic heterocycles. The smallest absolute Gasteiger partial charge is 0.191 e. The van der Waals surface area contributed by atoms with Crippen LogP contribution in [0.1, 0.15) is 36.9 Å². The van der Waals surface area contributed by atoms with Crippen LogP contribution in [0.2, 0.25) is 0 Å². The Morgan fingerprint density at radius 2 is 2.14 bits per heavy atom. The van der Waals surface area contributed by atoms with E-state index in [9.17, 15) is 0 Å². The fourth-order valence-electron chi connectivity index (χ4n) is 1.82. The lowest BCUT2D eigenvalue weighted by atomic mass is 10.1. The van der Waals surface area contributed by atoms with Crippen LogP contribution in [0.5, 0.6) is 0 Å². The molecular formula is C14H22N6O. The molecule has 2 heterocycles. The lowest BCUT2D eigenvalue weighted by molar-refractivity contribution is 0.372. The molecule has 0 bridgehead atoms. The van der Waals surface area contributed by atoms with Crippen LogP contribution in [-0.4, -0.2) is 27.9 Å². The van der Waals surface area contributed by atoms with Crippen molar-refractivity contribution in [3.63, 3.8) is 0 Å². The van der Waals surface area contributed by atoms with Crippen molar-refractivity contribution in [3.05, 3.63) is 35.5 Å². The van der Waals surface area contributed by atoms with E-state index in [1.807, 2.05) is 23.9 Å². The molecule has 0 fully saturated rings. The van der Waals surface area contributed by atoms with Gasteiger partial charge in [0.2, 0.25) is 0 Å². The largest absolute Gasteiger partial charge is 0.359 e. The van der Waals surface area contributed by atoms with E-state index in [1.165, 1.54) is 0 Å². The van der Waals surface area contributed by atoms with Crippen LogP contribution in [0.3, 0.4) is 0 Å². The molecule has 21 heavy (non-hydrogen) atoms. The van der Waals surface area contributed by atoms with Crippen LogP contribution in [-0.2, 0) is 20.1 Å². The number of rotatable bonds is 5. The van der Waals surface area contributed by atoms with Gasteiger partial charge < -0.3 is 15.2 Å². The molecule has 0 atom stereocenters. The van der Waals surface area contributed by atoms with Crippen molar-refractivity contribution < 1.29 is 4.52 Å². The zero-order chi connectivity index (χ0) is 15.2. The molecule has 0 aliphatic carbocycles. The van der Waals surface area contributed by atoms with E-state index >= 15 is 0 Å². The minimum Gasteiger partial charge on any atom is -0.359 e. The first kappa shape index (κ1) is 15.1. The zero-order valence-electron chi connectivity index (χ0n) is 12.9. The Balaban J connectivity index is 1.83. The summed E-state index contributed by atoms with van der Waals surface area (Å²) in [4.78, 5) is 4.18. The van der Waals surface area contributed by atoms with Crippen molar-refractivity contribution in [2.45, 2.75) is 32.9 Å². The van der Waals surface area contributed by atoms with Crippen molar-refractivity contribution >= 4 is 5.96 Å². The van der Waals surface area contributed by atoms with Crippen molar-refractivity contribution in [1.82, 2.24) is 25.6 Å². The Bertz CT molecular complexity index is 598. The summed E-state index contributed by atoms with van der Waals surface area (Å²) in [6, 6.07) is 3.93. The summed E-state index contributed by atoms with van der Waals surface area (Å²) in [7, 11) is 3.65. The molecule has 114 valence electrons. The van der Waals surface area contributed by atoms with Crippen molar-refractivity contribution in [1.29, 1.82) is 0 Å². The van der Waals surface area contributed by atoms with Crippen LogP contribution < -0.4 is 10.6 Å². The molecule has 0 spiro atoms. The Morgan fingerprint density at radius 1 is 1.38 bits per heavy atom. The standard InChI is InChI=1S/C14H22N6O/c1-10(2)13-7-12(21-19-13)9-17-14(15-3)16-8-11-5-6-18-20(11)4/h5-7,10H,8-9H2,1-4H3,(H2,15,16,17). The molecule has 2 rings (SSSR count). The predicted octanol–water partition coefficient (Wildman–Crippen LogP) is 1.40. The molecule has 2 aromatic heterocycles. The minimum atomic E-state index is 0.366. The molecule has 0 amide bonds. The molecule has 0 radical (unpaired) electrons. The molecular weight excluding hydrogens is 268 g/mol. The Morgan fingerprint density at radius 3 is 2.71 bits per heavy atom. The maximum Gasteiger partial charge on any atom is 0.191 e. The Kier molecular flexibility index (Phi) is 4.97. The van der Waals surface area contributed by atoms with E-state index < -0.39 is 0 Å². The van der Waals surface area contributed by atoms with Gasteiger partial charge in [-0.2, -0.15) is 5.10 Å². The average Bonchev–Trinajstić information content (AvgIpc) is 3.08. The highest BCUT2D eigenvalue weighted by Gasteiger charge is 2.08. The summed E-state index contributed by atoms with van der Waals surface area (Å²) >= 11 is 0. The van der Waals surface area contributed by atoms with Gasteiger partial charge >= 0.3 is 0 Å². The van der Waals surface area contributed by atoms with E-state index in [-0.39, 0.29) is 0 Å². The quantitative estimate of drug-likeness (QED) is 0.642. The lowest BCUT2D eigenvalue weighted by Crippen LogP contribution is -2.36. The Hall–Kier alpha value is -2.31. The molecule has 0 saturated carbocycles. The van der Waals surface area contributed by atoms with Crippen LogP contribution >= 0.6 is 0 Å². The molecule has 2 aromatic rings. The third kappa shape index (κ3) is 4.08. The third-order valence-corrected chi connectivity index (χ3v) is 3.18. The summed E-state index contributed by atoms with van der Waals surface area (Å²) in [6.45, 7) is 5.38. The second-order valence-corrected chi connectivity index (χ2v) is 5.10. The highest BCUT2D eigenvalue weighted by Crippen LogP contribution is 2.13. The molecule has 0 aromatic carbocycles. The van der Waals surface area contributed by atoms with E-state index in [4.69, 9.17) is 4.52 Å². The first-order valence-electron chi connectivity index (χ1n) is 6.97. The van der Waals surface area contributed by atoms with Crippen LogP contribution in [0.15, 0.2) is 27.8 Å². The second-order valence-electron chi connectivity index (χ2n) is 5.10.